The Balaban J connectivity index is 1.43. The van der Waals surface area contributed by atoms with Crippen LogP contribution in [0, 0.1) is 0 Å². The Hall–Kier alpha value is -2.56. The Bertz CT molecular complexity index is 1110. The number of nitrogens with zero attached hydrogens (tertiary/aromatic N) is 4. The van der Waals surface area contributed by atoms with Gasteiger partial charge in [-0.3, -0.25) is 4.57 Å². The van der Waals surface area contributed by atoms with E-state index in [-0.39, 0.29) is 18.5 Å². The summed E-state index contributed by atoms with van der Waals surface area (Å²) in [6.45, 7) is 5.37. The van der Waals surface area contributed by atoms with E-state index in [9.17, 15) is 4.57 Å². The van der Waals surface area contributed by atoms with Gasteiger partial charge in [0.2, 0.25) is 0 Å². The molecule has 0 aliphatic carbocycles. The molecule has 3 atom stereocenters. The van der Waals surface area contributed by atoms with E-state index >= 15 is 0 Å². The van der Waals surface area contributed by atoms with Crippen LogP contribution in [0.3, 0.4) is 0 Å². The molecule has 1 aliphatic rings. The number of rotatable bonds is 10. The highest BCUT2D eigenvalue weighted by atomic mass is 31.2. The number of nitrogen functional groups attached to an aromatic ring is 1. The summed E-state index contributed by atoms with van der Waals surface area (Å²) in [6, 6.07) is 8.64. The number of anilines is 1. The maximum atomic E-state index is 13.9. The van der Waals surface area contributed by atoms with Crippen molar-refractivity contribution in [3.63, 3.8) is 0 Å². The molecule has 0 unspecified atom stereocenters. The van der Waals surface area contributed by atoms with Crippen LogP contribution in [0.5, 0.6) is 5.75 Å². The SMILES string of the molecule is C[C@H](Cn1cnc2c(N)ncnc21)OC[P@](=O)(N[C@H](C)C1OCCCCO1)Oc1ccccc1. The zero-order valence-electron chi connectivity index (χ0n) is 19.4. The predicted molar refractivity (Wildman–Crippen MR) is 127 cm³/mol. The summed E-state index contributed by atoms with van der Waals surface area (Å²) in [6.07, 6.45) is 3.91. The molecule has 184 valence electrons. The number of hydrogen-bond acceptors (Lipinski definition) is 9. The molecule has 1 aliphatic heterocycles. The van der Waals surface area contributed by atoms with Gasteiger partial charge in [0.1, 0.15) is 23.9 Å². The van der Waals surface area contributed by atoms with Crippen molar-refractivity contribution in [1.82, 2.24) is 24.6 Å². The molecule has 0 bridgehead atoms. The van der Waals surface area contributed by atoms with E-state index in [2.05, 4.69) is 20.0 Å². The lowest BCUT2D eigenvalue weighted by Gasteiger charge is -2.29. The number of fused-ring (bicyclic) bond motifs is 1. The fourth-order valence-corrected chi connectivity index (χ4v) is 5.48. The van der Waals surface area contributed by atoms with Gasteiger partial charge in [-0.15, -0.1) is 0 Å². The number of para-hydroxylation sites is 1. The van der Waals surface area contributed by atoms with E-state index in [4.69, 9.17) is 24.5 Å². The summed E-state index contributed by atoms with van der Waals surface area (Å²) in [5, 5.41) is 3.09. The van der Waals surface area contributed by atoms with Crippen LogP contribution in [0.25, 0.3) is 11.2 Å². The van der Waals surface area contributed by atoms with Crippen LogP contribution in [-0.2, 0) is 25.3 Å². The molecule has 0 saturated carbocycles. The maximum Gasteiger partial charge on any atom is 0.342 e. The molecule has 12 heteroatoms. The third kappa shape index (κ3) is 6.31. The largest absolute Gasteiger partial charge is 0.431 e. The topological polar surface area (TPSA) is 136 Å². The third-order valence-electron chi connectivity index (χ3n) is 5.32. The number of nitrogens with two attached hydrogens (primary N) is 1. The van der Waals surface area contributed by atoms with Crippen molar-refractivity contribution >= 4 is 24.5 Å². The molecule has 3 N–H and O–H groups in total. The third-order valence-corrected chi connectivity index (χ3v) is 7.12. The highest BCUT2D eigenvalue weighted by Crippen LogP contribution is 2.44. The van der Waals surface area contributed by atoms with Crippen molar-refractivity contribution in [3.8, 4) is 5.75 Å². The van der Waals surface area contributed by atoms with Gasteiger partial charge in [0.25, 0.3) is 0 Å². The minimum absolute atomic E-state index is 0.149. The molecular formula is C22H31N6O5P. The zero-order chi connectivity index (χ0) is 24.0. The second kappa shape index (κ2) is 11.2. The lowest BCUT2D eigenvalue weighted by Crippen LogP contribution is -2.40. The minimum atomic E-state index is -3.48. The first kappa shape index (κ1) is 24.6. The monoisotopic (exact) mass is 490 g/mol. The van der Waals surface area contributed by atoms with Gasteiger partial charge in [0.15, 0.2) is 17.8 Å². The lowest BCUT2D eigenvalue weighted by atomic mass is 10.3. The second-order valence-corrected chi connectivity index (χ2v) is 10.3. The minimum Gasteiger partial charge on any atom is -0.431 e. The Kier molecular flexibility index (Phi) is 8.12. The average molecular weight is 491 g/mol. The van der Waals surface area contributed by atoms with Gasteiger partial charge in [-0.05, 0) is 38.8 Å². The van der Waals surface area contributed by atoms with E-state index in [0.717, 1.165) is 12.8 Å². The molecular weight excluding hydrogens is 459 g/mol. The van der Waals surface area contributed by atoms with Crippen LogP contribution in [0.4, 0.5) is 5.82 Å². The summed E-state index contributed by atoms with van der Waals surface area (Å²) in [5.41, 5.74) is 7.01. The van der Waals surface area contributed by atoms with Gasteiger partial charge in [-0.2, -0.15) is 0 Å². The van der Waals surface area contributed by atoms with Crippen molar-refractivity contribution in [1.29, 1.82) is 0 Å². The molecule has 0 radical (unpaired) electrons. The van der Waals surface area contributed by atoms with E-state index in [1.54, 1.807) is 18.5 Å². The second-order valence-electron chi connectivity index (χ2n) is 8.25. The summed E-state index contributed by atoms with van der Waals surface area (Å²) >= 11 is 0. The van der Waals surface area contributed by atoms with Crippen LogP contribution >= 0.6 is 7.52 Å². The summed E-state index contributed by atoms with van der Waals surface area (Å²) in [5.74, 6) is 0.802. The van der Waals surface area contributed by atoms with Crippen molar-refractivity contribution in [2.24, 2.45) is 0 Å². The van der Waals surface area contributed by atoms with Crippen LogP contribution < -0.4 is 15.3 Å². The van der Waals surface area contributed by atoms with Crippen molar-refractivity contribution in [2.75, 3.05) is 25.3 Å². The Morgan fingerprint density at radius 1 is 1.18 bits per heavy atom. The summed E-state index contributed by atoms with van der Waals surface area (Å²) < 4.78 is 39.1. The van der Waals surface area contributed by atoms with E-state index in [1.807, 2.05) is 36.6 Å². The normalized spacial score (nSPS) is 18.8. The smallest absolute Gasteiger partial charge is 0.342 e. The molecule has 1 fully saturated rings. The molecule has 2 aromatic heterocycles. The van der Waals surface area contributed by atoms with E-state index in [1.165, 1.54) is 6.33 Å². The lowest BCUT2D eigenvalue weighted by molar-refractivity contribution is -0.138. The molecule has 0 spiro atoms. The van der Waals surface area contributed by atoms with Gasteiger partial charge in [-0.1, -0.05) is 18.2 Å². The van der Waals surface area contributed by atoms with E-state index < -0.39 is 13.8 Å². The van der Waals surface area contributed by atoms with Gasteiger partial charge in [-0.25, -0.2) is 20.0 Å². The fourth-order valence-electron chi connectivity index (χ4n) is 3.64. The first-order valence-electron chi connectivity index (χ1n) is 11.3. The molecule has 1 saturated heterocycles. The van der Waals surface area contributed by atoms with Crippen LogP contribution in [0.1, 0.15) is 26.7 Å². The van der Waals surface area contributed by atoms with Gasteiger partial charge < -0.3 is 29.0 Å². The van der Waals surface area contributed by atoms with Gasteiger partial charge in [0.05, 0.1) is 25.0 Å². The first-order valence-corrected chi connectivity index (χ1v) is 13.1. The number of aromatic nitrogens is 4. The Morgan fingerprint density at radius 3 is 2.65 bits per heavy atom. The van der Waals surface area contributed by atoms with E-state index in [0.29, 0.717) is 42.5 Å². The van der Waals surface area contributed by atoms with Crippen molar-refractivity contribution in [2.45, 2.75) is 51.7 Å². The Labute approximate surface area is 198 Å². The highest BCUT2D eigenvalue weighted by Gasteiger charge is 2.33. The number of nitrogens with one attached hydrogen (secondary N) is 1. The summed E-state index contributed by atoms with van der Waals surface area (Å²) in [4.78, 5) is 12.5. The molecule has 3 aromatic rings. The quantitative estimate of drug-likeness (QED) is 0.408. The average Bonchev–Trinajstić information content (AvgIpc) is 3.04. The van der Waals surface area contributed by atoms with Gasteiger partial charge in [0, 0.05) is 13.2 Å². The van der Waals surface area contributed by atoms with Crippen molar-refractivity contribution in [3.05, 3.63) is 43.0 Å². The van der Waals surface area contributed by atoms with Crippen molar-refractivity contribution < 1.29 is 23.3 Å². The Morgan fingerprint density at radius 2 is 1.91 bits per heavy atom. The number of ether oxygens (including phenoxy) is 3. The first-order chi connectivity index (χ1) is 16.4. The molecule has 11 nitrogen and oxygen atoms in total. The fraction of sp³-hybridized carbons (Fsp3) is 0.500. The maximum absolute atomic E-state index is 13.9. The summed E-state index contributed by atoms with van der Waals surface area (Å²) in [7, 11) is -3.48. The highest BCUT2D eigenvalue weighted by molar-refractivity contribution is 7.57. The molecule has 34 heavy (non-hydrogen) atoms. The standard InChI is InChI=1S/C22H31N6O5P/c1-16(12-28-14-26-19-20(23)24-13-25-21(19)28)32-15-34(29,33-18-8-4-3-5-9-18)27-17(2)22-30-10-6-7-11-31-22/h3-5,8-9,13-14,16-17,22H,6-7,10-12,15H2,1-2H3,(H,27,29)(H2,23,24,25)/t16-,17-,34-/m1/s1. The number of benzene rings is 1. The molecule has 1 aromatic carbocycles. The van der Waals surface area contributed by atoms with Crippen LogP contribution in [0.15, 0.2) is 43.0 Å². The predicted octanol–water partition coefficient (Wildman–Crippen LogP) is 3.17. The zero-order valence-corrected chi connectivity index (χ0v) is 20.3. The van der Waals surface area contributed by atoms with Crippen LogP contribution in [-0.4, -0.2) is 57.5 Å². The van der Waals surface area contributed by atoms with Gasteiger partial charge >= 0.3 is 7.52 Å². The number of imidazole rings is 1. The van der Waals surface area contributed by atoms with Crippen LogP contribution in [0.2, 0.25) is 0 Å². The number of hydrogen-bond donors (Lipinski definition) is 2. The molecule has 3 heterocycles. The molecule has 0 amide bonds. The molecule has 4 rings (SSSR count).